The number of carbonyl (C=O) groups is 2. The lowest BCUT2D eigenvalue weighted by molar-refractivity contribution is -0.131. The number of Topliss-reactive ketones (excluding diaryl/α,β-unsaturated/α-hetero) is 1. The maximum absolute atomic E-state index is 13.6. The molecule has 1 fully saturated rings. The van der Waals surface area contributed by atoms with Crippen molar-refractivity contribution in [2.75, 3.05) is 12.0 Å². The highest BCUT2D eigenvalue weighted by atomic mass is 32.1. The van der Waals surface area contributed by atoms with E-state index in [0.717, 1.165) is 36.3 Å². The van der Waals surface area contributed by atoms with E-state index < -0.39 is 6.04 Å². The van der Waals surface area contributed by atoms with Gasteiger partial charge in [-0.1, -0.05) is 12.5 Å². The van der Waals surface area contributed by atoms with Gasteiger partial charge in [0.1, 0.15) is 6.10 Å². The van der Waals surface area contributed by atoms with Gasteiger partial charge in [-0.3, -0.25) is 14.5 Å². The van der Waals surface area contributed by atoms with Gasteiger partial charge in [-0.2, -0.15) is 0 Å². The summed E-state index contributed by atoms with van der Waals surface area (Å²) in [5, 5.41) is 10.6. The van der Waals surface area contributed by atoms with E-state index in [9.17, 15) is 14.7 Å². The standard InChI is InChI=1S/C23H24N2O5S/c1-11-12(2)31-23(24-11)25-19(13-8-9-15(26)17(10-13)29-3)18-20(27)14-6-4-5-7-16(14)30-21(18)22(25)28/h8-10,14,16,19,26H,4-7H2,1-3H3. The van der Waals surface area contributed by atoms with Crippen molar-refractivity contribution in [1.82, 2.24) is 4.98 Å². The molecular formula is C23H24N2O5S. The molecule has 7 nitrogen and oxygen atoms in total. The van der Waals surface area contributed by atoms with Crippen molar-refractivity contribution in [3.8, 4) is 11.5 Å². The van der Waals surface area contributed by atoms with Crippen LogP contribution in [0.25, 0.3) is 0 Å². The monoisotopic (exact) mass is 440 g/mol. The number of hydrogen-bond acceptors (Lipinski definition) is 7. The predicted molar refractivity (Wildman–Crippen MR) is 115 cm³/mol. The van der Waals surface area contributed by atoms with E-state index in [1.54, 1.807) is 17.0 Å². The average Bonchev–Trinajstić information content (AvgIpc) is 3.25. The van der Waals surface area contributed by atoms with Gasteiger partial charge in [0.25, 0.3) is 5.91 Å². The number of rotatable bonds is 3. The number of aromatic hydroxyl groups is 1. The number of hydrogen-bond donors (Lipinski definition) is 1. The first-order valence-corrected chi connectivity index (χ1v) is 11.3. The summed E-state index contributed by atoms with van der Waals surface area (Å²) in [4.78, 5) is 34.4. The van der Waals surface area contributed by atoms with Crippen LogP contribution in [-0.4, -0.2) is 35.0 Å². The first-order valence-electron chi connectivity index (χ1n) is 10.5. The lowest BCUT2D eigenvalue weighted by Gasteiger charge is -2.35. The number of thiazole rings is 1. The van der Waals surface area contributed by atoms with E-state index in [1.165, 1.54) is 24.5 Å². The Kier molecular flexibility index (Phi) is 4.77. The molecule has 2 aliphatic heterocycles. The molecule has 3 atom stereocenters. The van der Waals surface area contributed by atoms with E-state index in [0.29, 0.717) is 16.3 Å². The van der Waals surface area contributed by atoms with Crippen molar-refractivity contribution < 1.29 is 24.2 Å². The molecule has 1 aromatic carbocycles. The normalized spacial score (nSPS) is 25.4. The molecule has 1 saturated carbocycles. The van der Waals surface area contributed by atoms with E-state index in [1.807, 2.05) is 13.8 Å². The topological polar surface area (TPSA) is 89.0 Å². The zero-order chi connectivity index (χ0) is 21.9. The Morgan fingerprint density at radius 3 is 2.71 bits per heavy atom. The van der Waals surface area contributed by atoms with Crippen molar-refractivity contribution >= 4 is 28.2 Å². The Balaban J connectivity index is 1.68. The van der Waals surface area contributed by atoms with Gasteiger partial charge in [-0.25, -0.2) is 4.98 Å². The van der Waals surface area contributed by atoms with Crippen molar-refractivity contribution in [3.05, 3.63) is 45.7 Å². The summed E-state index contributed by atoms with van der Waals surface area (Å²) in [6, 6.07) is 4.24. The molecule has 1 aliphatic carbocycles. The minimum atomic E-state index is -0.669. The molecule has 1 N–H and O–H groups in total. The minimum Gasteiger partial charge on any atom is -0.504 e. The molecule has 31 heavy (non-hydrogen) atoms. The van der Waals surface area contributed by atoms with Crippen molar-refractivity contribution in [3.63, 3.8) is 0 Å². The van der Waals surface area contributed by atoms with Gasteiger partial charge in [0, 0.05) is 4.88 Å². The molecule has 3 unspecified atom stereocenters. The van der Waals surface area contributed by atoms with Crippen LogP contribution >= 0.6 is 11.3 Å². The van der Waals surface area contributed by atoms with Crippen LogP contribution in [0.15, 0.2) is 29.5 Å². The average molecular weight is 441 g/mol. The second-order valence-electron chi connectivity index (χ2n) is 8.30. The fourth-order valence-corrected chi connectivity index (χ4v) is 5.72. The van der Waals surface area contributed by atoms with Gasteiger partial charge >= 0.3 is 0 Å². The molecule has 3 aliphatic rings. The Labute approximate surface area is 184 Å². The number of benzene rings is 1. The van der Waals surface area contributed by atoms with E-state index >= 15 is 0 Å². The minimum absolute atomic E-state index is 0.00386. The summed E-state index contributed by atoms with van der Waals surface area (Å²) in [5.41, 5.74) is 1.91. The number of aromatic nitrogens is 1. The molecule has 0 radical (unpaired) electrons. The van der Waals surface area contributed by atoms with Crippen LogP contribution in [0.4, 0.5) is 5.13 Å². The number of phenolic OH excluding ortho intramolecular Hbond substituents is 1. The largest absolute Gasteiger partial charge is 0.504 e. The lowest BCUT2D eigenvalue weighted by atomic mass is 9.77. The quantitative estimate of drug-likeness (QED) is 0.777. The molecule has 5 rings (SSSR count). The summed E-state index contributed by atoms with van der Waals surface area (Å²) in [5.74, 6) is -0.139. The molecule has 0 spiro atoms. The molecule has 1 amide bonds. The van der Waals surface area contributed by atoms with Gasteiger partial charge in [0.15, 0.2) is 28.2 Å². The predicted octanol–water partition coefficient (Wildman–Crippen LogP) is 3.97. The summed E-state index contributed by atoms with van der Waals surface area (Å²) in [6.45, 7) is 3.86. The summed E-state index contributed by atoms with van der Waals surface area (Å²) in [7, 11) is 1.47. The van der Waals surface area contributed by atoms with E-state index in [2.05, 4.69) is 4.98 Å². The first kappa shape index (κ1) is 20.1. The third-order valence-corrected chi connectivity index (χ3v) is 7.58. The van der Waals surface area contributed by atoms with Crippen LogP contribution in [0.5, 0.6) is 11.5 Å². The van der Waals surface area contributed by atoms with Crippen LogP contribution < -0.4 is 9.64 Å². The lowest BCUT2D eigenvalue weighted by Crippen LogP contribution is -2.39. The SMILES string of the molecule is COc1cc(C2C3=C(OC4CCCCC4C3=O)C(=O)N2c2nc(C)c(C)s2)ccc1O. The van der Waals surface area contributed by atoms with Crippen LogP contribution in [0.3, 0.4) is 0 Å². The molecule has 2 aromatic rings. The number of carbonyl (C=O) groups excluding carboxylic acids is 2. The molecule has 162 valence electrons. The highest BCUT2D eigenvalue weighted by molar-refractivity contribution is 7.15. The highest BCUT2D eigenvalue weighted by Crippen LogP contribution is 2.49. The molecule has 0 saturated heterocycles. The van der Waals surface area contributed by atoms with Gasteiger partial charge < -0.3 is 14.6 Å². The van der Waals surface area contributed by atoms with Crippen LogP contribution in [0.2, 0.25) is 0 Å². The number of amides is 1. The van der Waals surface area contributed by atoms with Crippen LogP contribution in [-0.2, 0) is 14.3 Å². The second-order valence-corrected chi connectivity index (χ2v) is 9.48. The van der Waals surface area contributed by atoms with E-state index in [4.69, 9.17) is 9.47 Å². The highest BCUT2D eigenvalue weighted by Gasteiger charge is 2.53. The molecule has 3 heterocycles. The Bertz CT molecular complexity index is 1100. The second kappa shape index (κ2) is 7.37. The van der Waals surface area contributed by atoms with Gasteiger partial charge in [-0.05, 0) is 50.8 Å². The van der Waals surface area contributed by atoms with Gasteiger partial charge in [-0.15, -0.1) is 11.3 Å². The summed E-state index contributed by atoms with van der Waals surface area (Å²) >= 11 is 1.42. The summed E-state index contributed by atoms with van der Waals surface area (Å²) in [6.07, 6.45) is 3.31. The molecule has 8 heteroatoms. The van der Waals surface area contributed by atoms with Gasteiger partial charge in [0.2, 0.25) is 0 Å². The maximum atomic E-state index is 13.6. The number of aryl methyl sites for hydroxylation is 2. The van der Waals surface area contributed by atoms with Crippen molar-refractivity contribution in [2.24, 2.45) is 5.92 Å². The summed E-state index contributed by atoms with van der Waals surface area (Å²) < 4.78 is 11.5. The number of ketones is 1. The number of methoxy groups -OCH3 is 1. The Morgan fingerprint density at radius 2 is 2.00 bits per heavy atom. The number of nitrogens with zero attached hydrogens (tertiary/aromatic N) is 2. The van der Waals surface area contributed by atoms with Crippen molar-refractivity contribution in [2.45, 2.75) is 51.7 Å². The number of ether oxygens (including phenoxy) is 2. The van der Waals surface area contributed by atoms with Crippen LogP contribution in [0, 0.1) is 19.8 Å². The molecule has 1 aromatic heterocycles. The third-order valence-electron chi connectivity index (χ3n) is 6.51. The fraction of sp³-hybridized carbons (Fsp3) is 0.435. The van der Waals surface area contributed by atoms with Gasteiger partial charge in [0.05, 0.1) is 30.3 Å². The first-order chi connectivity index (χ1) is 14.9. The number of fused-ring (bicyclic) bond motifs is 1. The van der Waals surface area contributed by atoms with Crippen LogP contribution in [0.1, 0.15) is 47.9 Å². The van der Waals surface area contributed by atoms with E-state index in [-0.39, 0.29) is 41.0 Å². The fourth-order valence-electron chi connectivity index (χ4n) is 4.78. The zero-order valence-corrected chi connectivity index (χ0v) is 18.5. The van der Waals surface area contributed by atoms with Crippen molar-refractivity contribution in [1.29, 1.82) is 0 Å². The Morgan fingerprint density at radius 1 is 1.23 bits per heavy atom. The number of phenols is 1. The Hall–Kier alpha value is -2.87. The maximum Gasteiger partial charge on any atom is 0.296 e. The molecule has 0 bridgehead atoms. The number of anilines is 1. The third kappa shape index (κ3) is 3.04. The molecular weight excluding hydrogens is 416 g/mol. The smallest absolute Gasteiger partial charge is 0.296 e. The zero-order valence-electron chi connectivity index (χ0n) is 17.7.